The van der Waals surface area contributed by atoms with Crippen molar-refractivity contribution < 1.29 is 14.7 Å². The highest BCUT2D eigenvalue weighted by Gasteiger charge is 2.13. The van der Waals surface area contributed by atoms with Gasteiger partial charge >= 0.3 is 5.97 Å². The number of rotatable bonds is 6. The van der Waals surface area contributed by atoms with Gasteiger partial charge in [-0.3, -0.25) is 9.59 Å². The molecule has 2 aromatic carbocycles. The molecule has 1 heterocycles. The van der Waals surface area contributed by atoms with E-state index in [2.05, 4.69) is 10.3 Å². The lowest BCUT2D eigenvalue weighted by molar-refractivity contribution is -0.116. The molecule has 3 N–H and O–H groups in total. The first-order valence-corrected chi connectivity index (χ1v) is 8.91. The molecule has 0 unspecified atom stereocenters. The monoisotopic (exact) mass is 396 g/mol. The van der Waals surface area contributed by atoms with Crippen molar-refractivity contribution in [2.75, 3.05) is 5.32 Å². The van der Waals surface area contributed by atoms with Crippen LogP contribution in [-0.2, 0) is 11.2 Å². The molecule has 1 aromatic heterocycles. The van der Waals surface area contributed by atoms with Gasteiger partial charge in [0.1, 0.15) is 0 Å². The molecule has 0 saturated heterocycles. The predicted octanol–water partition coefficient (Wildman–Crippen LogP) is 3.96. The van der Waals surface area contributed by atoms with Crippen molar-refractivity contribution in [3.8, 4) is 11.1 Å². The molecule has 0 aliphatic rings. The van der Waals surface area contributed by atoms with Gasteiger partial charge in [-0.05, 0) is 47.4 Å². The zero-order valence-electron chi connectivity index (χ0n) is 14.7. The number of hydrogen-bond donors (Lipinski definition) is 3. The number of aromatic carboxylic acids is 1. The number of halogens is 1. The summed E-state index contributed by atoms with van der Waals surface area (Å²) >= 11 is 5.89. The van der Waals surface area contributed by atoms with Crippen molar-refractivity contribution in [3.63, 3.8) is 0 Å². The van der Waals surface area contributed by atoms with Gasteiger partial charge in [-0.1, -0.05) is 35.9 Å². The molecule has 0 radical (unpaired) electrons. The Morgan fingerprint density at radius 2 is 1.71 bits per heavy atom. The van der Waals surface area contributed by atoms with E-state index < -0.39 is 5.97 Å². The summed E-state index contributed by atoms with van der Waals surface area (Å²) < 4.78 is 0. The van der Waals surface area contributed by atoms with Gasteiger partial charge in [0.25, 0.3) is 0 Å². The molecule has 0 atom stereocenters. The zero-order valence-corrected chi connectivity index (χ0v) is 15.5. The van der Waals surface area contributed by atoms with E-state index in [1.807, 2.05) is 24.3 Å². The lowest BCUT2D eigenvalue weighted by Crippen LogP contribution is -2.15. The molecule has 3 rings (SSSR count). The summed E-state index contributed by atoms with van der Waals surface area (Å²) in [4.78, 5) is 37.2. The number of carboxylic acids is 1. The zero-order chi connectivity index (χ0) is 20.1. The van der Waals surface area contributed by atoms with Gasteiger partial charge < -0.3 is 15.4 Å². The van der Waals surface area contributed by atoms with Gasteiger partial charge in [-0.15, -0.1) is 0 Å². The van der Waals surface area contributed by atoms with Gasteiger partial charge in [-0.2, -0.15) is 0 Å². The Kier molecular flexibility index (Phi) is 5.91. The molecular formula is C21H17ClN2O4. The van der Waals surface area contributed by atoms with Crippen molar-refractivity contribution in [1.82, 2.24) is 4.98 Å². The summed E-state index contributed by atoms with van der Waals surface area (Å²) in [5, 5.41) is 12.2. The van der Waals surface area contributed by atoms with E-state index in [1.54, 1.807) is 12.3 Å². The lowest BCUT2D eigenvalue weighted by Gasteiger charge is -2.09. The average Bonchev–Trinajstić information content (AvgIpc) is 2.67. The standard InChI is InChI=1S/C21H17ClN2O4/c22-16-7-8-17(21(27)28)18(11-16)24-20(26)9-3-13-1-4-14(5-2-13)15-6-10-19(25)23-12-15/h1-2,4-8,10-12H,3,9H2,(H,23,25)(H,24,26)(H,27,28). The number of carboxylic acid groups (broad SMARTS) is 1. The number of aromatic nitrogens is 1. The number of hydrogen-bond acceptors (Lipinski definition) is 3. The third-order valence-corrected chi connectivity index (χ3v) is 4.43. The van der Waals surface area contributed by atoms with E-state index in [-0.39, 0.29) is 29.1 Å². The van der Waals surface area contributed by atoms with E-state index in [0.29, 0.717) is 11.4 Å². The third kappa shape index (κ3) is 4.86. The lowest BCUT2D eigenvalue weighted by atomic mass is 10.0. The van der Waals surface area contributed by atoms with Gasteiger partial charge in [0.15, 0.2) is 0 Å². The third-order valence-electron chi connectivity index (χ3n) is 4.20. The van der Waals surface area contributed by atoms with Crippen LogP contribution >= 0.6 is 11.6 Å². The minimum Gasteiger partial charge on any atom is -0.478 e. The number of amides is 1. The van der Waals surface area contributed by atoms with E-state index >= 15 is 0 Å². The summed E-state index contributed by atoms with van der Waals surface area (Å²) in [6.45, 7) is 0. The molecule has 1 amide bonds. The van der Waals surface area contributed by atoms with Crippen LogP contribution in [0.5, 0.6) is 0 Å². The van der Waals surface area contributed by atoms with Crippen molar-refractivity contribution in [2.45, 2.75) is 12.8 Å². The van der Waals surface area contributed by atoms with Crippen LogP contribution < -0.4 is 10.9 Å². The highest BCUT2D eigenvalue weighted by atomic mass is 35.5. The minimum atomic E-state index is -1.13. The van der Waals surface area contributed by atoms with Gasteiger partial charge in [-0.25, -0.2) is 4.79 Å². The number of H-pyrrole nitrogens is 1. The molecule has 7 heteroatoms. The van der Waals surface area contributed by atoms with Crippen LogP contribution in [0.4, 0.5) is 5.69 Å². The maximum Gasteiger partial charge on any atom is 0.337 e. The van der Waals surface area contributed by atoms with Crippen LogP contribution in [0, 0.1) is 0 Å². The van der Waals surface area contributed by atoms with Gasteiger partial charge in [0.05, 0.1) is 11.3 Å². The number of nitrogens with one attached hydrogen (secondary N) is 2. The first kappa shape index (κ1) is 19.4. The molecule has 0 aliphatic carbocycles. The molecule has 0 saturated carbocycles. The van der Waals surface area contributed by atoms with Crippen molar-refractivity contribution >= 4 is 29.2 Å². The van der Waals surface area contributed by atoms with Crippen LogP contribution in [0.3, 0.4) is 0 Å². The molecule has 0 spiro atoms. The number of pyridine rings is 1. The Hall–Kier alpha value is -3.38. The number of carbonyl (C=O) groups is 2. The largest absolute Gasteiger partial charge is 0.478 e. The number of aryl methyl sites for hydroxylation is 1. The number of anilines is 1. The Morgan fingerprint density at radius 1 is 1.00 bits per heavy atom. The highest BCUT2D eigenvalue weighted by Crippen LogP contribution is 2.22. The number of benzene rings is 2. The fourth-order valence-corrected chi connectivity index (χ4v) is 2.90. The maximum absolute atomic E-state index is 12.2. The van der Waals surface area contributed by atoms with Crippen molar-refractivity contribution in [3.05, 3.63) is 87.3 Å². The van der Waals surface area contributed by atoms with Crippen LogP contribution in [0.1, 0.15) is 22.3 Å². The quantitative estimate of drug-likeness (QED) is 0.587. The van der Waals surface area contributed by atoms with Gasteiger partial charge in [0.2, 0.25) is 11.5 Å². The van der Waals surface area contributed by atoms with Crippen LogP contribution in [0.25, 0.3) is 11.1 Å². The SMILES string of the molecule is O=C(CCc1ccc(-c2ccc(=O)[nH]c2)cc1)Nc1cc(Cl)ccc1C(=O)O. The summed E-state index contributed by atoms with van der Waals surface area (Å²) in [5.74, 6) is -1.43. The molecule has 0 fully saturated rings. The van der Waals surface area contributed by atoms with Crippen molar-refractivity contribution in [1.29, 1.82) is 0 Å². The van der Waals surface area contributed by atoms with E-state index in [1.165, 1.54) is 24.3 Å². The topological polar surface area (TPSA) is 99.3 Å². The summed E-state index contributed by atoms with van der Waals surface area (Å²) in [6, 6.07) is 15.1. The van der Waals surface area contributed by atoms with Crippen LogP contribution in [-0.4, -0.2) is 22.0 Å². The Morgan fingerprint density at radius 3 is 2.36 bits per heavy atom. The molecule has 0 aliphatic heterocycles. The molecule has 142 valence electrons. The van der Waals surface area contributed by atoms with Gasteiger partial charge in [0, 0.05) is 23.7 Å². The second kappa shape index (κ2) is 8.54. The second-order valence-corrected chi connectivity index (χ2v) is 6.62. The van der Waals surface area contributed by atoms with Crippen LogP contribution in [0.2, 0.25) is 5.02 Å². The average molecular weight is 397 g/mol. The molecular weight excluding hydrogens is 380 g/mol. The Labute approximate surface area is 165 Å². The number of aromatic amines is 1. The van der Waals surface area contributed by atoms with E-state index in [9.17, 15) is 19.5 Å². The maximum atomic E-state index is 12.2. The highest BCUT2D eigenvalue weighted by molar-refractivity contribution is 6.31. The Bertz CT molecular complexity index is 1050. The molecule has 28 heavy (non-hydrogen) atoms. The fourth-order valence-electron chi connectivity index (χ4n) is 2.73. The first-order valence-electron chi connectivity index (χ1n) is 8.53. The van der Waals surface area contributed by atoms with E-state index in [0.717, 1.165) is 16.7 Å². The van der Waals surface area contributed by atoms with Crippen LogP contribution in [0.15, 0.2) is 65.6 Å². The van der Waals surface area contributed by atoms with E-state index in [4.69, 9.17) is 11.6 Å². The smallest absolute Gasteiger partial charge is 0.337 e. The molecule has 3 aromatic rings. The Balaban J connectivity index is 1.62. The summed E-state index contributed by atoms with van der Waals surface area (Å²) in [5.41, 5.74) is 2.83. The second-order valence-electron chi connectivity index (χ2n) is 6.18. The summed E-state index contributed by atoms with van der Waals surface area (Å²) in [6.07, 6.45) is 2.35. The fraction of sp³-hybridized carbons (Fsp3) is 0.0952. The number of carbonyl (C=O) groups excluding carboxylic acids is 1. The molecule has 6 nitrogen and oxygen atoms in total. The van der Waals surface area contributed by atoms with Crippen molar-refractivity contribution in [2.24, 2.45) is 0 Å². The molecule has 0 bridgehead atoms. The minimum absolute atomic E-state index is 0.0111. The predicted molar refractivity (Wildman–Crippen MR) is 108 cm³/mol. The first-order chi connectivity index (χ1) is 13.4. The summed E-state index contributed by atoms with van der Waals surface area (Å²) in [7, 11) is 0. The normalized spacial score (nSPS) is 10.5.